The second-order valence-corrected chi connectivity index (χ2v) is 5.72. The summed E-state index contributed by atoms with van der Waals surface area (Å²) in [6, 6.07) is 5.15. The highest BCUT2D eigenvalue weighted by molar-refractivity contribution is 6.33. The Morgan fingerprint density at radius 3 is 2.57 bits per heavy atom. The smallest absolute Gasteiger partial charge is 0.416 e. The molecule has 0 saturated heterocycles. The van der Waals surface area contributed by atoms with Gasteiger partial charge in [-0.1, -0.05) is 11.6 Å². The normalized spacial score (nSPS) is 11.5. The van der Waals surface area contributed by atoms with Gasteiger partial charge < -0.3 is 9.47 Å². The van der Waals surface area contributed by atoms with Crippen molar-refractivity contribution in [2.24, 2.45) is 5.10 Å². The lowest BCUT2D eigenvalue weighted by atomic mass is 10.1. The van der Waals surface area contributed by atoms with Gasteiger partial charge in [-0.3, -0.25) is 15.5 Å². The van der Waals surface area contributed by atoms with Crippen LogP contribution < -0.4 is 14.9 Å². The molecule has 0 atom stereocenters. The molecule has 0 aliphatic heterocycles. The van der Waals surface area contributed by atoms with Gasteiger partial charge in [-0.25, -0.2) is 0 Å². The fourth-order valence-corrected chi connectivity index (χ4v) is 2.40. The number of nitro groups is 1. The number of nitrogens with zero attached hydrogens (tertiary/aromatic N) is 2. The second kappa shape index (κ2) is 8.79. The third kappa shape index (κ3) is 5.03. The SMILES string of the molecule is CCOc1cc(/C=N\Nc2ccc(C(F)(F)F)cc2[N+](=O)[O-])c(Cl)cc1OC. The number of nitrogens with one attached hydrogen (secondary N) is 1. The lowest BCUT2D eigenvalue weighted by Crippen LogP contribution is -2.06. The van der Waals surface area contributed by atoms with E-state index in [0.717, 1.165) is 12.1 Å². The number of rotatable bonds is 7. The quantitative estimate of drug-likeness (QED) is 0.384. The fraction of sp³-hybridized carbons (Fsp3) is 0.235. The minimum Gasteiger partial charge on any atom is -0.493 e. The van der Waals surface area contributed by atoms with Crippen molar-refractivity contribution in [3.63, 3.8) is 0 Å². The van der Waals surface area contributed by atoms with Crippen LogP contribution >= 0.6 is 11.6 Å². The average Bonchev–Trinajstić information content (AvgIpc) is 2.63. The standard InChI is InChI=1S/C17H15ClF3N3O4/c1-3-28-16-6-10(12(18)8-15(16)27-2)9-22-23-13-5-4-11(17(19,20)21)7-14(13)24(25)26/h4-9,23H,3H2,1-2H3/b22-9-. The summed E-state index contributed by atoms with van der Waals surface area (Å²) in [4.78, 5) is 10.1. The number of ether oxygens (including phenoxy) is 2. The van der Waals surface area contributed by atoms with Crippen LogP contribution in [0.1, 0.15) is 18.1 Å². The summed E-state index contributed by atoms with van der Waals surface area (Å²) in [6.45, 7) is 2.16. The number of anilines is 1. The van der Waals surface area contributed by atoms with Gasteiger partial charge in [-0.2, -0.15) is 18.3 Å². The monoisotopic (exact) mass is 417 g/mol. The average molecular weight is 418 g/mol. The van der Waals surface area contributed by atoms with Crippen LogP contribution in [-0.2, 0) is 6.18 Å². The van der Waals surface area contributed by atoms with E-state index in [4.69, 9.17) is 21.1 Å². The van der Waals surface area contributed by atoms with Gasteiger partial charge in [0, 0.05) is 17.7 Å². The molecule has 2 aromatic rings. The Labute approximate surface area is 162 Å². The molecule has 0 bridgehead atoms. The first kappa shape index (κ1) is 21.3. The zero-order valence-electron chi connectivity index (χ0n) is 14.7. The Morgan fingerprint density at radius 2 is 2.00 bits per heavy atom. The van der Waals surface area contributed by atoms with E-state index >= 15 is 0 Å². The van der Waals surface area contributed by atoms with Gasteiger partial charge >= 0.3 is 6.18 Å². The Morgan fingerprint density at radius 1 is 1.29 bits per heavy atom. The molecule has 0 fully saturated rings. The van der Waals surface area contributed by atoms with Gasteiger partial charge in [0.05, 0.1) is 35.4 Å². The van der Waals surface area contributed by atoms with Gasteiger partial charge in [0.25, 0.3) is 5.69 Å². The summed E-state index contributed by atoms with van der Waals surface area (Å²) in [6.07, 6.45) is -3.44. The van der Waals surface area contributed by atoms with Crippen molar-refractivity contribution in [2.75, 3.05) is 19.1 Å². The van der Waals surface area contributed by atoms with Crippen LogP contribution in [0, 0.1) is 10.1 Å². The number of halogens is 4. The van der Waals surface area contributed by atoms with Gasteiger partial charge in [-0.05, 0) is 25.1 Å². The zero-order chi connectivity index (χ0) is 20.9. The predicted molar refractivity (Wildman–Crippen MR) is 98.5 cm³/mol. The van der Waals surface area contributed by atoms with Crippen LogP contribution in [0.5, 0.6) is 11.5 Å². The summed E-state index contributed by atoms with van der Waals surface area (Å²) < 4.78 is 48.8. The Bertz CT molecular complexity index is 904. The lowest BCUT2D eigenvalue weighted by Gasteiger charge is -2.11. The predicted octanol–water partition coefficient (Wildman–Crippen LogP) is 5.12. The number of methoxy groups -OCH3 is 1. The molecule has 2 aromatic carbocycles. The van der Waals surface area contributed by atoms with Crippen molar-refractivity contribution in [1.29, 1.82) is 0 Å². The molecule has 28 heavy (non-hydrogen) atoms. The minimum atomic E-state index is -4.70. The molecule has 0 aromatic heterocycles. The first-order chi connectivity index (χ1) is 13.2. The molecule has 0 aliphatic carbocycles. The van der Waals surface area contributed by atoms with E-state index in [-0.39, 0.29) is 10.7 Å². The van der Waals surface area contributed by atoms with Gasteiger partial charge in [-0.15, -0.1) is 0 Å². The Kier molecular flexibility index (Phi) is 6.68. The molecule has 2 rings (SSSR count). The van der Waals surface area contributed by atoms with Crippen LogP contribution in [0.4, 0.5) is 24.5 Å². The summed E-state index contributed by atoms with van der Waals surface area (Å²) in [5.74, 6) is 0.826. The maximum atomic E-state index is 12.7. The van der Waals surface area contributed by atoms with E-state index in [2.05, 4.69) is 10.5 Å². The molecule has 0 heterocycles. The van der Waals surface area contributed by atoms with Gasteiger partial charge in [0.15, 0.2) is 11.5 Å². The Balaban J connectivity index is 2.30. The molecule has 150 valence electrons. The highest BCUT2D eigenvalue weighted by Crippen LogP contribution is 2.35. The number of alkyl halides is 3. The van der Waals surface area contributed by atoms with Crippen LogP contribution in [0.15, 0.2) is 35.4 Å². The molecule has 7 nitrogen and oxygen atoms in total. The first-order valence-corrected chi connectivity index (χ1v) is 8.20. The summed E-state index contributed by atoms with van der Waals surface area (Å²) in [7, 11) is 1.45. The van der Waals surface area contributed by atoms with E-state index in [1.807, 2.05) is 0 Å². The van der Waals surface area contributed by atoms with Gasteiger partial charge in [0.2, 0.25) is 0 Å². The summed E-state index contributed by atoms with van der Waals surface area (Å²) in [5, 5.41) is 15.2. The van der Waals surface area contributed by atoms with Gasteiger partial charge in [0.1, 0.15) is 5.69 Å². The highest BCUT2D eigenvalue weighted by Gasteiger charge is 2.33. The van der Waals surface area contributed by atoms with E-state index in [1.165, 1.54) is 19.4 Å². The largest absolute Gasteiger partial charge is 0.493 e. The third-order valence-corrected chi connectivity index (χ3v) is 3.82. The van der Waals surface area contributed by atoms with Crippen molar-refractivity contribution in [3.05, 3.63) is 56.6 Å². The highest BCUT2D eigenvalue weighted by atomic mass is 35.5. The van der Waals surface area contributed by atoms with E-state index in [1.54, 1.807) is 13.0 Å². The number of hydrazone groups is 1. The third-order valence-electron chi connectivity index (χ3n) is 3.49. The molecule has 0 unspecified atom stereocenters. The van der Waals surface area contributed by atoms with Crippen LogP contribution in [0.25, 0.3) is 0 Å². The molecule has 0 amide bonds. The first-order valence-electron chi connectivity index (χ1n) is 7.82. The second-order valence-electron chi connectivity index (χ2n) is 5.31. The number of hydrogen-bond donors (Lipinski definition) is 1. The van der Waals surface area contributed by atoms with Crippen molar-refractivity contribution in [3.8, 4) is 11.5 Å². The maximum Gasteiger partial charge on any atom is 0.416 e. The molecule has 1 N–H and O–H groups in total. The van der Waals surface area contributed by atoms with Crippen molar-refractivity contribution < 1.29 is 27.6 Å². The minimum absolute atomic E-state index is 0.205. The molecular weight excluding hydrogens is 403 g/mol. The lowest BCUT2D eigenvalue weighted by molar-refractivity contribution is -0.384. The van der Waals surface area contributed by atoms with Crippen LogP contribution in [-0.4, -0.2) is 24.9 Å². The van der Waals surface area contributed by atoms with E-state index < -0.39 is 22.4 Å². The van der Waals surface area contributed by atoms with Crippen LogP contribution in [0.2, 0.25) is 5.02 Å². The molecule has 11 heteroatoms. The molecule has 0 spiro atoms. The van der Waals surface area contributed by atoms with Crippen molar-refractivity contribution in [2.45, 2.75) is 13.1 Å². The molecule has 0 radical (unpaired) electrons. The van der Waals surface area contributed by atoms with Crippen molar-refractivity contribution >= 4 is 29.2 Å². The Hall–Kier alpha value is -3.01. The number of nitro benzene ring substituents is 1. The van der Waals surface area contributed by atoms with E-state index in [0.29, 0.717) is 29.7 Å². The molecule has 0 aliphatic rings. The van der Waals surface area contributed by atoms with Crippen LogP contribution in [0.3, 0.4) is 0 Å². The zero-order valence-corrected chi connectivity index (χ0v) is 15.5. The maximum absolute atomic E-state index is 12.7. The number of hydrogen-bond acceptors (Lipinski definition) is 6. The topological polar surface area (TPSA) is 86.0 Å². The fourth-order valence-electron chi connectivity index (χ4n) is 2.20. The molecule has 0 saturated carbocycles. The van der Waals surface area contributed by atoms with E-state index in [9.17, 15) is 23.3 Å². The number of benzene rings is 2. The van der Waals surface area contributed by atoms with Crippen molar-refractivity contribution in [1.82, 2.24) is 0 Å². The summed E-state index contributed by atoms with van der Waals surface area (Å²) in [5.41, 5.74) is 0.672. The summed E-state index contributed by atoms with van der Waals surface area (Å²) >= 11 is 6.13. The molecular formula is C17H15ClF3N3O4.